The third kappa shape index (κ3) is 4.22. The fourth-order valence-electron chi connectivity index (χ4n) is 5.07. The maximum atomic E-state index is 3.88. The molecule has 1 fully saturated rings. The summed E-state index contributed by atoms with van der Waals surface area (Å²) in [6, 6.07) is 37.5. The molecule has 5 rings (SSSR count). The molecule has 1 aliphatic heterocycles. The van der Waals surface area contributed by atoms with Crippen LogP contribution < -0.4 is 10.2 Å². The largest absolute Gasteiger partial charge is 0.371 e. The minimum Gasteiger partial charge on any atom is -0.371 e. The molecular weight excluding hydrogens is 376 g/mol. The van der Waals surface area contributed by atoms with Crippen LogP contribution in [0.4, 0.5) is 5.69 Å². The summed E-state index contributed by atoms with van der Waals surface area (Å²) in [6.45, 7) is 5.46. The Balaban J connectivity index is 1.35. The Bertz CT molecular complexity index is 1120. The molecule has 1 aliphatic rings. The molecule has 1 N–H and O–H groups in total. The fourth-order valence-corrected chi connectivity index (χ4v) is 5.07. The highest BCUT2D eigenvalue weighted by Crippen LogP contribution is 2.35. The van der Waals surface area contributed by atoms with Crippen molar-refractivity contribution in [3.63, 3.8) is 0 Å². The number of fused-ring (bicyclic) bond motifs is 1. The first-order chi connectivity index (χ1) is 15.3. The molecule has 0 amide bonds. The summed E-state index contributed by atoms with van der Waals surface area (Å²) >= 11 is 0. The van der Waals surface area contributed by atoms with Crippen molar-refractivity contribution in [3.8, 4) is 0 Å². The van der Waals surface area contributed by atoms with E-state index in [1.54, 1.807) is 0 Å². The highest BCUT2D eigenvalue weighted by atomic mass is 15.2. The second-order valence-electron chi connectivity index (χ2n) is 8.72. The van der Waals surface area contributed by atoms with Gasteiger partial charge in [-0.15, -0.1) is 0 Å². The molecular formula is C29H30N2. The summed E-state index contributed by atoms with van der Waals surface area (Å²) in [4.78, 5) is 2.55. The molecule has 4 aromatic carbocycles. The van der Waals surface area contributed by atoms with Crippen LogP contribution in [0.25, 0.3) is 10.8 Å². The van der Waals surface area contributed by atoms with Crippen LogP contribution in [0, 0.1) is 5.92 Å². The third-order valence-corrected chi connectivity index (χ3v) is 6.77. The number of nitrogens with one attached hydrogen (secondary N) is 1. The number of hydrogen-bond acceptors (Lipinski definition) is 2. The topological polar surface area (TPSA) is 15.3 Å². The van der Waals surface area contributed by atoms with E-state index < -0.39 is 0 Å². The first-order valence-electron chi connectivity index (χ1n) is 11.4. The van der Waals surface area contributed by atoms with Gasteiger partial charge < -0.3 is 10.2 Å². The highest BCUT2D eigenvalue weighted by molar-refractivity contribution is 5.86. The summed E-state index contributed by atoms with van der Waals surface area (Å²) in [5.41, 5.74) is 4.16. The maximum Gasteiger partial charge on any atom is 0.0366 e. The van der Waals surface area contributed by atoms with E-state index in [0.717, 1.165) is 19.6 Å². The zero-order chi connectivity index (χ0) is 21.0. The SMILES string of the molecule is C[C@@H](NC[C@H]1CN(c2ccccc2)C[C@@H]1c1ccccc1)c1cccc2ccccc12. The Labute approximate surface area is 185 Å². The molecule has 1 saturated heterocycles. The molecule has 0 unspecified atom stereocenters. The minimum atomic E-state index is 0.313. The summed E-state index contributed by atoms with van der Waals surface area (Å²) in [6.07, 6.45) is 0. The Kier molecular flexibility index (Phi) is 5.73. The normalized spacial score (nSPS) is 19.6. The summed E-state index contributed by atoms with van der Waals surface area (Å²) in [5, 5.41) is 6.54. The molecule has 2 heteroatoms. The summed E-state index contributed by atoms with van der Waals surface area (Å²) in [5.74, 6) is 1.11. The van der Waals surface area contributed by atoms with Gasteiger partial charge in [0.05, 0.1) is 0 Å². The van der Waals surface area contributed by atoms with Crippen molar-refractivity contribution in [2.75, 3.05) is 24.5 Å². The summed E-state index contributed by atoms with van der Waals surface area (Å²) < 4.78 is 0. The first-order valence-corrected chi connectivity index (χ1v) is 11.4. The van der Waals surface area contributed by atoms with Crippen molar-refractivity contribution in [3.05, 3.63) is 114 Å². The number of rotatable bonds is 6. The standard InChI is InChI=1S/C29H30N2/c1-22(27-18-10-14-23-13-8-9-17-28(23)27)30-19-25-20-31(26-15-6-3-7-16-26)21-29(25)24-11-4-2-5-12-24/h2-18,22,25,29-30H,19-21H2,1H3/t22-,25+,29-/m1/s1. The van der Waals surface area contributed by atoms with E-state index in [9.17, 15) is 0 Å². The molecule has 31 heavy (non-hydrogen) atoms. The number of nitrogens with zero attached hydrogens (tertiary/aromatic N) is 1. The lowest BCUT2D eigenvalue weighted by atomic mass is 9.88. The third-order valence-electron chi connectivity index (χ3n) is 6.77. The molecule has 0 spiro atoms. The molecule has 0 saturated carbocycles. The summed E-state index contributed by atoms with van der Waals surface area (Å²) in [7, 11) is 0. The van der Waals surface area contributed by atoms with Gasteiger partial charge in [-0.1, -0.05) is 91.0 Å². The van der Waals surface area contributed by atoms with Gasteiger partial charge in [0.2, 0.25) is 0 Å². The van der Waals surface area contributed by atoms with Crippen molar-refractivity contribution in [2.45, 2.75) is 18.9 Å². The van der Waals surface area contributed by atoms with Gasteiger partial charge in [0.25, 0.3) is 0 Å². The molecule has 0 radical (unpaired) electrons. The average molecular weight is 407 g/mol. The Morgan fingerprint density at radius 2 is 1.45 bits per heavy atom. The number of anilines is 1. The van der Waals surface area contributed by atoms with Crippen LogP contribution in [-0.4, -0.2) is 19.6 Å². The zero-order valence-corrected chi connectivity index (χ0v) is 18.1. The van der Waals surface area contributed by atoms with E-state index in [4.69, 9.17) is 0 Å². The predicted octanol–water partition coefficient (Wildman–Crippen LogP) is 6.41. The number of benzene rings is 4. The zero-order valence-electron chi connectivity index (χ0n) is 18.1. The van der Waals surface area contributed by atoms with Crippen molar-refractivity contribution >= 4 is 16.5 Å². The minimum absolute atomic E-state index is 0.313. The van der Waals surface area contributed by atoms with E-state index >= 15 is 0 Å². The number of hydrogen-bond donors (Lipinski definition) is 1. The average Bonchev–Trinajstić information content (AvgIpc) is 3.27. The van der Waals surface area contributed by atoms with Gasteiger partial charge in [-0.25, -0.2) is 0 Å². The fraction of sp³-hybridized carbons (Fsp3) is 0.241. The van der Waals surface area contributed by atoms with Gasteiger partial charge in [-0.2, -0.15) is 0 Å². The molecule has 0 aromatic heterocycles. The number of para-hydroxylation sites is 1. The molecule has 4 aromatic rings. The van der Waals surface area contributed by atoms with Crippen LogP contribution in [0.15, 0.2) is 103 Å². The van der Waals surface area contributed by atoms with Crippen LogP contribution in [-0.2, 0) is 0 Å². The maximum absolute atomic E-state index is 3.88. The Hall–Kier alpha value is -3.10. The lowest BCUT2D eigenvalue weighted by Gasteiger charge is -2.23. The van der Waals surface area contributed by atoms with Crippen molar-refractivity contribution in [2.24, 2.45) is 5.92 Å². The van der Waals surface area contributed by atoms with Crippen LogP contribution in [0.5, 0.6) is 0 Å². The van der Waals surface area contributed by atoms with Crippen LogP contribution in [0.3, 0.4) is 0 Å². The van der Waals surface area contributed by atoms with E-state index in [2.05, 4.69) is 120 Å². The van der Waals surface area contributed by atoms with E-state index in [1.807, 2.05) is 0 Å². The van der Waals surface area contributed by atoms with Crippen LogP contribution in [0.1, 0.15) is 30.0 Å². The van der Waals surface area contributed by atoms with Crippen LogP contribution >= 0.6 is 0 Å². The van der Waals surface area contributed by atoms with Gasteiger partial charge in [-0.05, 0) is 46.9 Å². The van der Waals surface area contributed by atoms with Gasteiger partial charge in [0.1, 0.15) is 0 Å². The van der Waals surface area contributed by atoms with Gasteiger partial charge in [0, 0.05) is 37.3 Å². The van der Waals surface area contributed by atoms with Gasteiger partial charge >= 0.3 is 0 Å². The van der Waals surface area contributed by atoms with Crippen molar-refractivity contribution in [1.82, 2.24) is 5.32 Å². The van der Waals surface area contributed by atoms with Gasteiger partial charge in [-0.3, -0.25) is 0 Å². The monoisotopic (exact) mass is 406 g/mol. The van der Waals surface area contributed by atoms with E-state index in [1.165, 1.54) is 27.6 Å². The quantitative estimate of drug-likeness (QED) is 0.398. The Morgan fingerprint density at radius 3 is 2.26 bits per heavy atom. The van der Waals surface area contributed by atoms with Crippen molar-refractivity contribution in [1.29, 1.82) is 0 Å². The molecule has 2 nitrogen and oxygen atoms in total. The second-order valence-corrected chi connectivity index (χ2v) is 8.72. The molecule has 3 atom stereocenters. The second kappa shape index (κ2) is 8.95. The molecule has 1 heterocycles. The van der Waals surface area contributed by atoms with Gasteiger partial charge in [0.15, 0.2) is 0 Å². The highest BCUT2D eigenvalue weighted by Gasteiger charge is 2.34. The molecule has 0 aliphatic carbocycles. The van der Waals surface area contributed by atoms with E-state index in [0.29, 0.717) is 17.9 Å². The molecule has 156 valence electrons. The lowest BCUT2D eigenvalue weighted by molar-refractivity contribution is 0.441. The smallest absolute Gasteiger partial charge is 0.0366 e. The lowest BCUT2D eigenvalue weighted by Crippen LogP contribution is -2.30. The Morgan fingerprint density at radius 1 is 0.774 bits per heavy atom. The molecule has 0 bridgehead atoms. The van der Waals surface area contributed by atoms with E-state index in [-0.39, 0.29) is 0 Å². The van der Waals surface area contributed by atoms with Crippen molar-refractivity contribution < 1.29 is 0 Å². The first kappa shape index (κ1) is 19.8. The predicted molar refractivity (Wildman–Crippen MR) is 132 cm³/mol. The van der Waals surface area contributed by atoms with Crippen LogP contribution in [0.2, 0.25) is 0 Å².